The van der Waals surface area contributed by atoms with Crippen LogP contribution in [0.15, 0.2) is 61.1 Å². The van der Waals surface area contributed by atoms with Crippen LogP contribution in [0.5, 0.6) is 5.75 Å². The van der Waals surface area contributed by atoms with E-state index in [0.29, 0.717) is 17.4 Å². The van der Waals surface area contributed by atoms with E-state index in [1.54, 1.807) is 22.8 Å². The first-order valence-corrected chi connectivity index (χ1v) is 9.55. The Hall–Kier alpha value is -3.22. The number of phenolic OH excluding ortho intramolecular Hbond substituents is 1. The van der Waals surface area contributed by atoms with Crippen molar-refractivity contribution in [3.63, 3.8) is 0 Å². The number of hydrogen-bond acceptors (Lipinski definition) is 4. The number of Topliss-reactive ketones (excluding diaryl/α,β-unsaturated/α-hetero) is 2. The fraction of sp³-hybridized carbons (Fsp3) is 0.0455. The van der Waals surface area contributed by atoms with Gasteiger partial charge in [-0.2, -0.15) is 0 Å². The van der Waals surface area contributed by atoms with Crippen LogP contribution in [0.25, 0.3) is 10.9 Å². The lowest BCUT2D eigenvalue weighted by molar-refractivity contribution is 0.0818. The Bertz CT molecular complexity index is 1280. The number of phenols is 1. The normalized spacial score (nSPS) is 11.0. The van der Waals surface area contributed by atoms with Crippen LogP contribution in [0, 0.1) is 5.82 Å². The summed E-state index contributed by atoms with van der Waals surface area (Å²) in [5.41, 5.74) is 1.39. The number of aromatic nitrogens is 2. The molecule has 1 N–H and O–H groups in total. The maximum atomic E-state index is 13.2. The number of hydrogen-bond donors (Lipinski definition) is 1. The van der Waals surface area contributed by atoms with Gasteiger partial charge in [0.25, 0.3) is 0 Å². The van der Waals surface area contributed by atoms with Gasteiger partial charge in [-0.15, -0.1) is 0 Å². The van der Waals surface area contributed by atoms with Crippen molar-refractivity contribution in [3.8, 4) is 5.75 Å². The van der Waals surface area contributed by atoms with Gasteiger partial charge in [0.1, 0.15) is 11.6 Å². The molecule has 0 aliphatic heterocycles. The molecule has 2 heterocycles. The van der Waals surface area contributed by atoms with E-state index in [9.17, 15) is 19.1 Å². The third-order valence-electron chi connectivity index (χ3n) is 4.66. The molecule has 0 fully saturated rings. The van der Waals surface area contributed by atoms with E-state index >= 15 is 0 Å². The number of rotatable bonds is 5. The molecule has 30 heavy (non-hydrogen) atoms. The summed E-state index contributed by atoms with van der Waals surface area (Å²) in [7, 11) is 0. The Morgan fingerprint density at radius 1 is 1.00 bits per heavy atom. The first-order chi connectivity index (χ1) is 14.3. The van der Waals surface area contributed by atoms with Gasteiger partial charge in [-0.1, -0.05) is 35.3 Å². The summed E-state index contributed by atoms with van der Waals surface area (Å²) in [5.74, 6) is -2.10. The first-order valence-electron chi connectivity index (χ1n) is 8.79. The number of aromatic hydroxyl groups is 1. The molecule has 4 rings (SSSR count). The molecule has 2 aromatic heterocycles. The molecular formula is C22H13Cl2FN2O3. The molecule has 0 aliphatic carbocycles. The highest BCUT2D eigenvalue weighted by atomic mass is 35.5. The average Bonchev–Trinajstić information content (AvgIpc) is 3.06. The predicted molar refractivity (Wildman–Crippen MR) is 112 cm³/mol. The van der Waals surface area contributed by atoms with Crippen LogP contribution in [0.3, 0.4) is 0 Å². The number of nitrogens with zero attached hydrogens (tertiary/aromatic N) is 2. The van der Waals surface area contributed by atoms with Gasteiger partial charge in [-0.05, 0) is 35.9 Å². The number of benzene rings is 2. The molecule has 0 amide bonds. The van der Waals surface area contributed by atoms with Crippen LogP contribution in [0.1, 0.15) is 26.3 Å². The molecule has 0 bridgehead atoms. The Morgan fingerprint density at radius 2 is 1.67 bits per heavy atom. The lowest BCUT2D eigenvalue weighted by Crippen LogP contribution is -2.15. The molecule has 0 saturated heterocycles. The van der Waals surface area contributed by atoms with Crippen LogP contribution in [-0.2, 0) is 6.54 Å². The van der Waals surface area contributed by atoms with Crippen LogP contribution < -0.4 is 0 Å². The molecule has 0 unspecified atom stereocenters. The number of halogens is 3. The van der Waals surface area contributed by atoms with Crippen molar-refractivity contribution in [2.45, 2.75) is 6.54 Å². The molecular weight excluding hydrogens is 430 g/mol. The smallest absolute Gasteiger partial charge is 0.236 e. The Morgan fingerprint density at radius 3 is 2.33 bits per heavy atom. The molecule has 5 nitrogen and oxygen atoms in total. The van der Waals surface area contributed by atoms with E-state index in [1.165, 1.54) is 42.9 Å². The van der Waals surface area contributed by atoms with Gasteiger partial charge in [0.2, 0.25) is 11.6 Å². The van der Waals surface area contributed by atoms with E-state index in [4.69, 9.17) is 23.2 Å². The number of carbonyl (C=O) groups is 2. The van der Waals surface area contributed by atoms with E-state index in [-0.39, 0.29) is 32.7 Å². The maximum Gasteiger partial charge on any atom is 0.236 e. The number of ketones is 2. The zero-order chi connectivity index (χ0) is 21.4. The summed E-state index contributed by atoms with van der Waals surface area (Å²) in [6, 6.07) is 10.5. The van der Waals surface area contributed by atoms with Crippen molar-refractivity contribution in [2.75, 3.05) is 0 Å². The van der Waals surface area contributed by atoms with Gasteiger partial charge in [-0.3, -0.25) is 14.6 Å². The molecule has 8 heteroatoms. The summed E-state index contributed by atoms with van der Waals surface area (Å²) in [6.45, 7) is 0.333. The van der Waals surface area contributed by atoms with Crippen molar-refractivity contribution in [2.24, 2.45) is 0 Å². The second-order valence-corrected chi connectivity index (χ2v) is 7.45. The van der Waals surface area contributed by atoms with Gasteiger partial charge in [0.05, 0.1) is 21.2 Å². The second kappa shape index (κ2) is 7.89. The van der Waals surface area contributed by atoms with E-state index in [2.05, 4.69) is 4.98 Å². The SMILES string of the molecule is O=C(C(=O)c1cn(Cc2ccc(F)cc2)c2ccc(O)cc12)c1c(Cl)cncc1Cl. The lowest BCUT2D eigenvalue weighted by atomic mass is 10.0. The van der Waals surface area contributed by atoms with Crippen molar-refractivity contribution in [1.29, 1.82) is 0 Å². The van der Waals surface area contributed by atoms with Gasteiger partial charge >= 0.3 is 0 Å². The van der Waals surface area contributed by atoms with Crippen molar-refractivity contribution < 1.29 is 19.1 Å². The molecule has 2 aromatic carbocycles. The van der Waals surface area contributed by atoms with Gasteiger partial charge in [0.15, 0.2) is 0 Å². The summed E-state index contributed by atoms with van der Waals surface area (Å²) < 4.78 is 15.0. The highest BCUT2D eigenvalue weighted by Gasteiger charge is 2.27. The highest BCUT2D eigenvalue weighted by molar-refractivity contribution is 6.55. The van der Waals surface area contributed by atoms with Crippen LogP contribution in [0.4, 0.5) is 4.39 Å². The molecule has 0 radical (unpaired) electrons. The molecule has 150 valence electrons. The molecule has 0 saturated carbocycles. The molecule has 0 aliphatic rings. The molecule has 4 aromatic rings. The molecule has 0 spiro atoms. The summed E-state index contributed by atoms with van der Waals surface area (Å²) >= 11 is 12.1. The third kappa shape index (κ3) is 3.67. The minimum absolute atomic E-state index is 0.0289. The maximum absolute atomic E-state index is 13.2. The van der Waals surface area contributed by atoms with Crippen LogP contribution in [-0.4, -0.2) is 26.2 Å². The van der Waals surface area contributed by atoms with E-state index < -0.39 is 11.6 Å². The van der Waals surface area contributed by atoms with E-state index in [1.807, 2.05) is 0 Å². The van der Waals surface area contributed by atoms with Crippen molar-refractivity contribution in [1.82, 2.24) is 9.55 Å². The number of fused-ring (bicyclic) bond motifs is 1. The Labute approximate surface area is 180 Å². The second-order valence-electron chi connectivity index (χ2n) is 6.63. The van der Waals surface area contributed by atoms with Crippen LogP contribution >= 0.6 is 23.2 Å². The zero-order valence-electron chi connectivity index (χ0n) is 15.3. The average molecular weight is 443 g/mol. The summed E-state index contributed by atoms with van der Waals surface area (Å²) in [4.78, 5) is 29.7. The fourth-order valence-electron chi connectivity index (χ4n) is 3.25. The zero-order valence-corrected chi connectivity index (χ0v) is 16.8. The largest absolute Gasteiger partial charge is 0.508 e. The number of carbonyl (C=O) groups excluding carboxylic acids is 2. The predicted octanol–water partition coefficient (Wildman–Crippen LogP) is 5.30. The van der Waals surface area contributed by atoms with Crippen molar-refractivity contribution >= 4 is 45.7 Å². The van der Waals surface area contributed by atoms with Gasteiger partial charge in [0, 0.05) is 36.0 Å². The minimum Gasteiger partial charge on any atom is -0.508 e. The monoisotopic (exact) mass is 442 g/mol. The van der Waals surface area contributed by atoms with Gasteiger partial charge < -0.3 is 9.67 Å². The quantitative estimate of drug-likeness (QED) is 0.336. The number of pyridine rings is 1. The fourth-order valence-corrected chi connectivity index (χ4v) is 3.78. The Kier molecular flexibility index (Phi) is 5.28. The highest BCUT2D eigenvalue weighted by Crippen LogP contribution is 2.30. The topological polar surface area (TPSA) is 72.2 Å². The first kappa shape index (κ1) is 20.1. The molecule has 0 atom stereocenters. The minimum atomic E-state index is -0.878. The Balaban J connectivity index is 1.80. The van der Waals surface area contributed by atoms with Crippen molar-refractivity contribution in [3.05, 3.63) is 93.6 Å². The van der Waals surface area contributed by atoms with Crippen LogP contribution in [0.2, 0.25) is 10.0 Å². The lowest BCUT2D eigenvalue weighted by Gasteiger charge is -2.05. The third-order valence-corrected chi connectivity index (χ3v) is 5.24. The van der Waals surface area contributed by atoms with E-state index in [0.717, 1.165) is 5.56 Å². The summed E-state index contributed by atoms with van der Waals surface area (Å²) in [6.07, 6.45) is 3.99. The van der Waals surface area contributed by atoms with Gasteiger partial charge in [-0.25, -0.2) is 4.39 Å². The standard InChI is InChI=1S/C22H13Cl2FN2O3/c23-17-8-26-9-18(24)20(17)22(30)21(29)16-11-27(10-12-1-3-13(25)4-2-12)19-6-5-14(28)7-15(16)19/h1-9,11,28H,10H2. The summed E-state index contributed by atoms with van der Waals surface area (Å²) in [5, 5.41) is 10.3.